The van der Waals surface area contributed by atoms with E-state index in [0.717, 1.165) is 42.9 Å². The third kappa shape index (κ3) is 3.87. The van der Waals surface area contributed by atoms with E-state index >= 15 is 0 Å². The third-order valence-corrected chi connectivity index (χ3v) is 4.73. The predicted octanol–water partition coefficient (Wildman–Crippen LogP) is 3.49. The summed E-state index contributed by atoms with van der Waals surface area (Å²) in [6.45, 7) is 1.08. The lowest BCUT2D eigenvalue weighted by Gasteiger charge is -2.36. The monoisotopic (exact) mass is 338 g/mol. The summed E-state index contributed by atoms with van der Waals surface area (Å²) in [5, 5.41) is 6.44. The summed E-state index contributed by atoms with van der Waals surface area (Å²) in [4.78, 5) is 11.8. The van der Waals surface area contributed by atoms with Gasteiger partial charge in [0, 0.05) is 24.2 Å². The number of hydrogen-bond acceptors (Lipinski definition) is 4. The van der Waals surface area contributed by atoms with Crippen LogP contribution in [0.3, 0.4) is 0 Å². The molecule has 1 fully saturated rings. The molecule has 0 bridgehead atoms. The molecular weight excluding hydrogens is 316 g/mol. The number of nitrogens with one attached hydrogen (secondary N) is 2. The summed E-state index contributed by atoms with van der Waals surface area (Å²) in [5.41, 5.74) is 3.38. The van der Waals surface area contributed by atoms with Crippen LogP contribution in [0.4, 0.5) is 10.5 Å². The lowest BCUT2D eigenvalue weighted by molar-refractivity contribution is 0.129. The molecule has 2 aromatic rings. The van der Waals surface area contributed by atoms with Crippen LogP contribution in [0, 0.1) is 0 Å². The SMILES string of the molecule is O=C(NC1CC(Nc2ccc3c(c2)CCO3)C1)OCc1ccccc1. The van der Waals surface area contributed by atoms with E-state index in [1.165, 1.54) is 5.56 Å². The average molecular weight is 338 g/mol. The van der Waals surface area contributed by atoms with Crippen LogP contribution >= 0.6 is 0 Å². The van der Waals surface area contributed by atoms with Crippen molar-refractivity contribution in [2.24, 2.45) is 0 Å². The Morgan fingerprint density at radius 3 is 2.80 bits per heavy atom. The molecule has 0 unspecified atom stereocenters. The van der Waals surface area contributed by atoms with Crippen molar-refractivity contribution in [1.82, 2.24) is 5.32 Å². The van der Waals surface area contributed by atoms with Gasteiger partial charge in [-0.1, -0.05) is 30.3 Å². The molecule has 1 heterocycles. The number of fused-ring (bicyclic) bond motifs is 1. The van der Waals surface area contributed by atoms with Gasteiger partial charge in [-0.3, -0.25) is 0 Å². The van der Waals surface area contributed by atoms with Crippen molar-refractivity contribution in [2.45, 2.75) is 38.0 Å². The van der Waals surface area contributed by atoms with Gasteiger partial charge in [0.15, 0.2) is 0 Å². The largest absolute Gasteiger partial charge is 0.493 e. The molecule has 4 rings (SSSR count). The molecule has 0 aromatic heterocycles. The zero-order valence-electron chi connectivity index (χ0n) is 14.0. The maximum Gasteiger partial charge on any atom is 0.407 e. The number of ether oxygens (including phenoxy) is 2. The summed E-state index contributed by atoms with van der Waals surface area (Å²) in [5.74, 6) is 1.000. The second-order valence-electron chi connectivity index (χ2n) is 6.64. The van der Waals surface area contributed by atoms with Crippen LogP contribution in [0.2, 0.25) is 0 Å². The van der Waals surface area contributed by atoms with E-state index in [2.05, 4.69) is 22.8 Å². The van der Waals surface area contributed by atoms with E-state index < -0.39 is 0 Å². The highest BCUT2D eigenvalue weighted by molar-refractivity contribution is 5.68. The van der Waals surface area contributed by atoms with Crippen molar-refractivity contribution in [1.29, 1.82) is 0 Å². The fourth-order valence-electron chi connectivity index (χ4n) is 3.30. The minimum atomic E-state index is -0.345. The molecule has 0 atom stereocenters. The number of anilines is 1. The predicted molar refractivity (Wildman–Crippen MR) is 95.8 cm³/mol. The van der Waals surface area contributed by atoms with Crippen molar-refractivity contribution in [2.75, 3.05) is 11.9 Å². The first-order chi connectivity index (χ1) is 12.3. The molecular formula is C20H22N2O3. The van der Waals surface area contributed by atoms with Crippen LogP contribution in [0.5, 0.6) is 5.75 Å². The number of hydrogen-bond donors (Lipinski definition) is 2. The van der Waals surface area contributed by atoms with E-state index in [-0.39, 0.29) is 12.1 Å². The van der Waals surface area contributed by atoms with Gasteiger partial charge in [0.05, 0.1) is 6.61 Å². The van der Waals surface area contributed by atoms with Gasteiger partial charge in [0.1, 0.15) is 12.4 Å². The van der Waals surface area contributed by atoms with Crippen LogP contribution < -0.4 is 15.4 Å². The first-order valence-electron chi connectivity index (χ1n) is 8.76. The molecule has 1 aliphatic heterocycles. The highest BCUT2D eigenvalue weighted by Gasteiger charge is 2.30. The Morgan fingerprint density at radius 2 is 1.96 bits per heavy atom. The van der Waals surface area contributed by atoms with E-state index in [4.69, 9.17) is 9.47 Å². The number of carbonyl (C=O) groups is 1. The summed E-state index contributed by atoms with van der Waals surface area (Å²) < 4.78 is 10.8. The molecule has 1 aliphatic carbocycles. The zero-order chi connectivity index (χ0) is 17.1. The lowest BCUT2D eigenvalue weighted by Crippen LogP contribution is -2.49. The second-order valence-corrected chi connectivity index (χ2v) is 6.64. The molecule has 5 nitrogen and oxygen atoms in total. The molecule has 2 N–H and O–H groups in total. The van der Waals surface area contributed by atoms with Gasteiger partial charge in [-0.25, -0.2) is 4.79 Å². The van der Waals surface area contributed by atoms with Crippen molar-refractivity contribution in [3.8, 4) is 5.75 Å². The molecule has 130 valence electrons. The summed E-state index contributed by atoms with van der Waals surface area (Å²) >= 11 is 0. The van der Waals surface area contributed by atoms with Gasteiger partial charge in [0.2, 0.25) is 0 Å². The topological polar surface area (TPSA) is 59.6 Å². The quantitative estimate of drug-likeness (QED) is 0.876. The number of alkyl carbamates (subject to hydrolysis) is 1. The van der Waals surface area contributed by atoms with Gasteiger partial charge < -0.3 is 20.1 Å². The normalized spacial score (nSPS) is 20.8. The number of carbonyl (C=O) groups excluding carboxylic acids is 1. The van der Waals surface area contributed by atoms with E-state index in [0.29, 0.717) is 12.6 Å². The number of benzene rings is 2. The Balaban J connectivity index is 1.18. The third-order valence-electron chi connectivity index (χ3n) is 4.73. The van der Waals surface area contributed by atoms with Crippen molar-refractivity contribution >= 4 is 11.8 Å². The maximum atomic E-state index is 11.8. The van der Waals surface area contributed by atoms with Crippen LogP contribution in [0.15, 0.2) is 48.5 Å². The molecule has 2 aromatic carbocycles. The summed E-state index contributed by atoms with van der Waals surface area (Å²) in [7, 11) is 0. The molecule has 1 amide bonds. The highest BCUT2D eigenvalue weighted by atomic mass is 16.5. The Labute approximate surface area is 147 Å². The fourth-order valence-corrected chi connectivity index (χ4v) is 3.30. The Hall–Kier alpha value is -2.69. The Bertz CT molecular complexity index is 742. The minimum absolute atomic E-state index is 0.179. The molecule has 0 saturated heterocycles. The first kappa shape index (κ1) is 15.8. The first-order valence-corrected chi connectivity index (χ1v) is 8.76. The van der Waals surface area contributed by atoms with Crippen LogP contribution in [0.1, 0.15) is 24.0 Å². The van der Waals surface area contributed by atoms with Gasteiger partial charge in [-0.15, -0.1) is 0 Å². The summed E-state index contributed by atoms with van der Waals surface area (Å²) in [6.07, 6.45) is 2.46. The summed E-state index contributed by atoms with van der Waals surface area (Å²) in [6, 6.07) is 16.5. The Kier molecular flexibility index (Phi) is 4.46. The van der Waals surface area contributed by atoms with Crippen molar-refractivity contribution < 1.29 is 14.3 Å². The standard InChI is InChI=1S/C20H22N2O3/c23-20(25-13-14-4-2-1-3-5-14)22-18-11-17(12-18)21-16-6-7-19-15(10-16)8-9-24-19/h1-7,10,17-18,21H,8-9,11-13H2,(H,22,23). The van der Waals surface area contributed by atoms with Crippen LogP contribution in [-0.2, 0) is 17.8 Å². The lowest BCUT2D eigenvalue weighted by atomic mass is 9.86. The Morgan fingerprint density at radius 1 is 1.12 bits per heavy atom. The van der Waals surface area contributed by atoms with Crippen LogP contribution in [-0.4, -0.2) is 24.8 Å². The highest BCUT2D eigenvalue weighted by Crippen LogP contribution is 2.30. The molecule has 0 spiro atoms. The minimum Gasteiger partial charge on any atom is -0.493 e. The molecule has 1 saturated carbocycles. The molecule has 5 heteroatoms. The van der Waals surface area contributed by atoms with Crippen molar-refractivity contribution in [3.63, 3.8) is 0 Å². The van der Waals surface area contributed by atoms with Gasteiger partial charge in [-0.2, -0.15) is 0 Å². The average Bonchev–Trinajstić information content (AvgIpc) is 3.07. The van der Waals surface area contributed by atoms with Gasteiger partial charge in [-0.05, 0) is 42.2 Å². The van der Waals surface area contributed by atoms with Crippen LogP contribution in [0.25, 0.3) is 0 Å². The second kappa shape index (κ2) is 7.05. The zero-order valence-corrected chi connectivity index (χ0v) is 14.0. The number of rotatable bonds is 5. The molecule has 0 radical (unpaired) electrons. The smallest absolute Gasteiger partial charge is 0.407 e. The van der Waals surface area contributed by atoms with E-state index in [9.17, 15) is 4.79 Å². The number of amides is 1. The van der Waals surface area contributed by atoms with Crippen molar-refractivity contribution in [3.05, 3.63) is 59.7 Å². The van der Waals surface area contributed by atoms with Gasteiger partial charge >= 0.3 is 6.09 Å². The maximum absolute atomic E-state index is 11.8. The van der Waals surface area contributed by atoms with Gasteiger partial charge in [0.25, 0.3) is 0 Å². The molecule has 2 aliphatic rings. The van der Waals surface area contributed by atoms with E-state index in [1.54, 1.807) is 0 Å². The molecule has 25 heavy (non-hydrogen) atoms. The van der Waals surface area contributed by atoms with E-state index in [1.807, 2.05) is 36.4 Å². The fraction of sp³-hybridized carbons (Fsp3) is 0.350.